The van der Waals surface area contributed by atoms with Gasteiger partial charge in [0.1, 0.15) is 0 Å². The predicted octanol–water partition coefficient (Wildman–Crippen LogP) is 3.50. The molecule has 112 valence electrons. The summed E-state index contributed by atoms with van der Waals surface area (Å²) in [7, 11) is 0. The second-order valence-corrected chi connectivity index (χ2v) is 5.98. The van der Waals surface area contributed by atoms with Crippen LogP contribution in [0.15, 0.2) is 36.5 Å². The SMILES string of the molecule is CCN(C1CCCC1)C(CN)c1ccc2ncccc2c1. The van der Waals surface area contributed by atoms with Gasteiger partial charge < -0.3 is 5.73 Å². The molecule has 2 aromatic rings. The van der Waals surface area contributed by atoms with Gasteiger partial charge >= 0.3 is 0 Å². The minimum atomic E-state index is 0.322. The van der Waals surface area contributed by atoms with Crippen molar-refractivity contribution in [1.29, 1.82) is 0 Å². The summed E-state index contributed by atoms with van der Waals surface area (Å²) in [5.74, 6) is 0. The molecule has 0 radical (unpaired) electrons. The summed E-state index contributed by atoms with van der Waals surface area (Å²) < 4.78 is 0. The van der Waals surface area contributed by atoms with E-state index in [-0.39, 0.29) is 0 Å². The maximum Gasteiger partial charge on any atom is 0.0702 e. The van der Waals surface area contributed by atoms with Crippen molar-refractivity contribution in [2.45, 2.75) is 44.7 Å². The zero-order valence-electron chi connectivity index (χ0n) is 12.8. The lowest BCUT2D eigenvalue weighted by Crippen LogP contribution is -2.40. The lowest BCUT2D eigenvalue weighted by atomic mass is 10.0. The maximum absolute atomic E-state index is 6.14. The summed E-state index contributed by atoms with van der Waals surface area (Å²) in [6, 6.07) is 11.7. The van der Waals surface area contributed by atoms with Crippen molar-refractivity contribution in [2.24, 2.45) is 5.73 Å². The number of likely N-dealkylation sites (N-methyl/N-ethyl adjacent to an activating group) is 1. The molecule has 3 rings (SSSR count). The third-order valence-electron chi connectivity index (χ3n) is 4.79. The molecule has 1 atom stereocenters. The Morgan fingerprint density at radius 3 is 2.81 bits per heavy atom. The van der Waals surface area contributed by atoms with Crippen LogP contribution >= 0.6 is 0 Å². The topological polar surface area (TPSA) is 42.1 Å². The van der Waals surface area contributed by atoms with Crippen LogP contribution in [0, 0.1) is 0 Å². The zero-order chi connectivity index (χ0) is 14.7. The number of pyridine rings is 1. The summed E-state index contributed by atoms with van der Waals surface area (Å²) >= 11 is 0. The molecule has 1 aromatic heterocycles. The Morgan fingerprint density at radius 1 is 1.29 bits per heavy atom. The van der Waals surface area contributed by atoms with Crippen LogP contribution in [-0.2, 0) is 0 Å². The van der Waals surface area contributed by atoms with Crippen LogP contribution in [0.4, 0.5) is 0 Å². The van der Waals surface area contributed by atoms with Gasteiger partial charge in [0.05, 0.1) is 5.52 Å². The van der Waals surface area contributed by atoms with Crippen molar-refractivity contribution in [2.75, 3.05) is 13.1 Å². The molecular weight excluding hydrogens is 258 g/mol. The van der Waals surface area contributed by atoms with Crippen LogP contribution in [-0.4, -0.2) is 29.0 Å². The van der Waals surface area contributed by atoms with E-state index in [4.69, 9.17) is 5.73 Å². The van der Waals surface area contributed by atoms with Gasteiger partial charge in [-0.15, -0.1) is 0 Å². The first kappa shape index (κ1) is 14.5. The van der Waals surface area contributed by atoms with E-state index in [9.17, 15) is 0 Å². The fraction of sp³-hybridized carbons (Fsp3) is 0.500. The molecule has 1 aliphatic rings. The Labute approximate surface area is 127 Å². The Kier molecular flexibility index (Phi) is 4.51. The highest BCUT2D eigenvalue weighted by Crippen LogP contribution is 2.31. The van der Waals surface area contributed by atoms with Gasteiger partial charge in [-0.2, -0.15) is 0 Å². The van der Waals surface area contributed by atoms with Crippen molar-refractivity contribution < 1.29 is 0 Å². The number of nitrogens with two attached hydrogens (primary N) is 1. The highest BCUT2D eigenvalue weighted by atomic mass is 15.2. The lowest BCUT2D eigenvalue weighted by molar-refractivity contribution is 0.147. The van der Waals surface area contributed by atoms with E-state index < -0.39 is 0 Å². The molecule has 1 fully saturated rings. The summed E-state index contributed by atoms with van der Waals surface area (Å²) in [5, 5.41) is 1.20. The van der Waals surface area contributed by atoms with Crippen LogP contribution < -0.4 is 5.73 Å². The van der Waals surface area contributed by atoms with E-state index in [1.807, 2.05) is 12.3 Å². The lowest BCUT2D eigenvalue weighted by Gasteiger charge is -2.35. The number of fused-ring (bicyclic) bond motifs is 1. The number of hydrogen-bond acceptors (Lipinski definition) is 3. The minimum absolute atomic E-state index is 0.322. The standard InChI is InChI=1S/C18H25N3/c1-2-21(16-7-3-4-8-16)18(13-19)15-9-10-17-14(12-15)6-5-11-20-17/h5-6,9-12,16,18H,2-4,7-8,13,19H2,1H3. The van der Waals surface area contributed by atoms with E-state index in [1.165, 1.54) is 36.6 Å². The first-order valence-corrected chi connectivity index (χ1v) is 8.14. The van der Waals surface area contributed by atoms with Crippen LogP contribution in [0.5, 0.6) is 0 Å². The van der Waals surface area contributed by atoms with Gasteiger partial charge in [0.25, 0.3) is 0 Å². The van der Waals surface area contributed by atoms with Crippen molar-refractivity contribution in [3.63, 3.8) is 0 Å². The zero-order valence-corrected chi connectivity index (χ0v) is 12.8. The molecule has 0 saturated heterocycles. The van der Waals surface area contributed by atoms with E-state index in [0.29, 0.717) is 18.6 Å². The van der Waals surface area contributed by atoms with Gasteiger partial charge in [-0.05, 0) is 43.1 Å². The van der Waals surface area contributed by atoms with Gasteiger partial charge in [0.15, 0.2) is 0 Å². The fourth-order valence-corrected chi connectivity index (χ4v) is 3.73. The number of aromatic nitrogens is 1. The summed E-state index contributed by atoms with van der Waals surface area (Å²) in [5.41, 5.74) is 8.52. The highest BCUT2D eigenvalue weighted by Gasteiger charge is 2.27. The molecule has 21 heavy (non-hydrogen) atoms. The molecule has 0 bridgehead atoms. The molecule has 3 heteroatoms. The minimum Gasteiger partial charge on any atom is -0.329 e. The van der Waals surface area contributed by atoms with Gasteiger partial charge in [-0.25, -0.2) is 0 Å². The van der Waals surface area contributed by atoms with E-state index in [1.54, 1.807) is 0 Å². The van der Waals surface area contributed by atoms with Gasteiger partial charge in [-0.1, -0.05) is 31.9 Å². The fourth-order valence-electron chi connectivity index (χ4n) is 3.73. The maximum atomic E-state index is 6.14. The van der Waals surface area contributed by atoms with Gasteiger partial charge in [0, 0.05) is 30.2 Å². The number of hydrogen-bond donors (Lipinski definition) is 1. The highest BCUT2D eigenvalue weighted by molar-refractivity contribution is 5.79. The van der Waals surface area contributed by atoms with Gasteiger partial charge in [0.2, 0.25) is 0 Å². The second kappa shape index (κ2) is 6.54. The Bertz CT molecular complexity index is 590. The smallest absolute Gasteiger partial charge is 0.0702 e. The molecule has 3 nitrogen and oxygen atoms in total. The van der Waals surface area contributed by atoms with Crippen LogP contribution in [0.25, 0.3) is 10.9 Å². The number of rotatable bonds is 5. The van der Waals surface area contributed by atoms with Crippen molar-refractivity contribution in [3.05, 3.63) is 42.1 Å². The van der Waals surface area contributed by atoms with E-state index in [0.717, 1.165) is 12.1 Å². The van der Waals surface area contributed by atoms with E-state index in [2.05, 4.69) is 41.1 Å². The normalized spacial score (nSPS) is 17.7. The third-order valence-corrected chi connectivity index (χ3v) is 4.79. The summed E-state index contributed by atoms with van der Waals surface area (Å²) in [6.45, 7) is 4.00. The second-order valence-electron chi connectivity index (χ2n) is 5.98. The predicted molar refractivity (Wildman–Crippen MR) is 88.2 cm³/mol. The molecule has 1 saturated carbocycles. The first-order chi connectivity index (χ1) is 10.3. The molecule has 0 aliphatic heterocycles. The summed E-state index contributed by atoms with van der Waals surface area (Å²) in [4.78, 5) is 7.01. The molecule has 1 aromatic carbocycles. The Balaban J connectivity index is 1.92. The molecular formula is C18H25N3. The third kappa shape index (κ3) is 2.94. The average Bonchev–Trinajstić information content (AvgIpc) is 3.06. The Hall–Kier alpha value is -1.45. The monoisotopic (exact) mass is 283 g/mol. The quantitative estimate of drug-likeness (QED) is 0.913. The molecule has 1 unspecified atom stereocenters. The largest absolute Gasteiger partial charge is 0.329 e. The average molecular weight is 283 g/mol. The van der Waals surface area contributed by atoms with Crippen LogP contribution in [0.1, 0.15) is 44.2 Å². The van der Waals surface area contributed by atoms with Crippen molar-refractivity contribution in [1.82, 2.24) is 9.88 Å². The molecule has 0 spiro atoms. The first-order valence-electron chi connectivity index (χ1n) is 8.14. The number of nitrogens with zero attached hydrogens (tertiary/aromatic N) is 2. The Morgan fingerprint density at radius 2 is 2.10 bits per heavy atom. The van der Waals surface area contributed by atoms with Gasteiger partial charge in [-0.3, -0.25) is 9.88 Å². The van der Waals surface area contributed by atoms with Crippen LogP contribution in [0.2, 0.25) is 0 Å². The van der Waals surface area contributed by atoms with Crippen LogP contribution in [0.3, 0.4) is 0 Å². The molecule has 1 heterocycles. The summed E-state index contributed by atoms with van der Waals surface area (Å²) in [6.07, 6.45) is 7.21. The molecule has 1 aliphatic carbocycles. The van der Waals surface area contributed by atoms with Crippen molar-refractivity contribution in [3.8, 4) is 0 Å². The van der Waals surface area contributed by atoms with Crippen molar-refractivity contribution >= 4 is 10.9 Å². The number of benzene rings is 1. The molecule has 0 amide bonds. The molecule has 2 N–H and O–H groups in total. The van der Waals surface area contributed by atoms with E-state index >= 15 is 0 Å².